The molecule has 3 aromatic rings. The number of phenols is 2. The SMILES string of the molecule is Cc1c(F)cccc1[C@H]1[C@@H](C(=O)c2cccc(O)c2)CN(N(C=O)CCC2CCCN2)C[C@H]1C(=O)c1cccc(O)c1. The van der Waals surface area contributed by atoms with Crippen molar-refractivity contribution in [2.24, 2.45) is 11.8 Å². The first-order chi connectivity index (χ1) is 20.3. The van der Waals surface area contributed by atoms with Crippen molar-refractivity contribution in [1.82, 2.24) is 15.3 Å². The Kier molecular flexibility index (Phi) is 8.99. The molecular formula is C33H36FN3O5. The zero-order valence-electron chi connectivity index (χ0n) is 23.6. The molecule has 0 bridgehead atoms. The van der Waals surface area contributed by atoms with E-state index in [1.165, 1.54) is 30.3 Å². The van der Waals surface area contributed by atoms with E-state index in [1.54, 1.807) is 53.3 Å². The Morgan fingerprint density at radius 3 is 2.10 bits per heavy atom. The van der Waals surface area contributed by atoms with E-state index >= 15 is 0 Å². The summed E-state index contributed by atoms with van der Waals surface area (Å²) in [6.45, 7) is 3.22. The molecule has 5 rings (SSSR count). The number of carbonyl (C=O) groups excluding carboxylic acids is 3. The predicted molar refractivity (Wildman–Crippen MR) is 156 cm³/mol. The van der Waals surface area contributed by atoms with Crippen LogP contribution < -0.4 is 5.32 Å². The minimum Gasteiger partial charge on any atom is -0.508 e. The summed E-state index contributed by atoms with van der Waals surface area (Å²) in [5.41, 5.74) is 1.41. The van der Waals surface area contributed by atoms with Gasteiger partial charge in [-0.15, -0.1) is 0 Å². The van der Waals surface area contributed by atoms with Crippen molar-refractivity contribution in [3.05, 3.63) is 94.8 Å². The van der Waals surface area contributed by atoms with Crippen molar-refractivity contribution >= 4 is 18.0 Å². The van der Waals surface area contributed by atoms with Gasteiger partial charge < -0.3 is 15.5 Å². The van der Waals surface area contributed by atoms with E-state index in [0.717, 1.165) is 32.2 Å². The maximum atomic E-state index is 14.9. The molecule has 2 saturated heterocycles. The normalized spacial score (nSPS) is 22.5. The average Bonchev–Trinajstić information content (AvgIpc) is 3.51. The fourth-order valence-corrected chi connectivity index (χ4v) is 6.46. The van der Waals surface area contributed by atoms with Gasteiger partial charge in [-0.2, -0.15) is 0 Å². The topological polar surface area (TPSA) is 110 Å². The maximum absolute atomic E-state index is 14.9. The molecule has 3 aromatic carbocycles. The second-order valence-electron chi connectivity index (χ2n) is 11.2. The Hall–Kier alpha value is -4.08. The van der Waals surface area contributed by atoms with Crippen LogP contribution in [0.2, 0.25) is 0 Å². The van der Waals surface area contributed by atoms with Gasteiger partial charge in [0.1, 0.15) is 17.3 Å². The molecule has 1 amide bonds. The van der Waals surface area contributed by atoms with Gasteiger partial charge in [0.05, 0.1) is 0 Å². The molecular weight excluding hydrogens is 537 g/mol. The number of nitrogens with one attached hydrogen (secondary N) is 1. The van der Waals surface area contributed by atoms with Gasteiger partial charge in [-0.3, -0.25) is 19.4 Å². The van der Waals surface area contributed by atoms with E-state index in [-0.39, 0.29) is 53.3 Å². The number of Topliss-reactive ketones (excluding diaryl/α,β-unsaturated/α-hetero) is 2. The Balaban J connectivity index is 1.60. The van der Waals surface area contributed by atoms with Crippen molar-refractivity contribution in [1.29, 1.82) is 0 Å². The van der Waals surface area contributed by atoms with Crippen LogP contribution in [0.15, 0.2) is 66.7 Å². The zero-order valence-corrected chi connectivity index (χ0v) is 23.6. The molecule has 0 spiro atoms. The summed E-state index contributed by atoms with van der Waals surface area (Å²) in [6.07, 6.45) is 3.54. The fraction of sp³-hybridized carbons (Fsp3) is 0.364. The lowest BCUT2D eigenvalue weighted by atomic mass is 9.68. The van der Waals surface area contributed by atoms with Crippen molar-refractivity contribution in [2.45, 2.75) is 38.1 Å². The van der Waals surface area contributed by atoms with Crippen molar-refractivity contribution in [3.63, 3.8) is 0 Å². The number of benzene rings is 3. The molecule has 220 valence electrons. The number of halogens is 1. The van der Waals surface area contributed by atoms with Gasteiger partial charge >= 0.3 is 0 Å². The van der Waals surface area contributed by atoms with Gasteiger partial charge in [-0.1, -0.05) is 36.4 Å². The van der Waals surface area contributed by atoms with E-state index < -0.39 is 23.6 Å². The molecule has 2 fully saturated rings. The van der Waals surface area contributed by atoms with Crippen LogP contribution in [0.1, 0.15) is 57.0 Å². The third-order valence-corrected chi connectivity index (χ3v) is 8.64. The summed E-state index contributed by atoms with van der Waals surface area (Å²) in [4.78, 5) is 40.8. The largest absolute Gasteiger partial charge is 0.508 e. The summed E-state index contributed by atoms with van der Waals surface area (Å²) < 4.78 is 14.9. The Labute approximate surface area is 244 Å². The molecule has 3 N–H and O–H groups in total. The summed E-state index contributed by atoms with van der Waals surface area (Å²) >= 11 is 0. The predicted octanol–water partition coefficient (Wildman–Crippen LogP) is 4.46. The van der Waals surface area contributed by atoms with Crippen LogP contribution in [0.4, 0.5) is 4.39 Å². The van der Waals surface area contributed by atoms with Gasteiger partial charge in [0.25, 0.3) is 0 Å². The highest BCUT2D eigenvalue weighted by Gasteiger charge is 2.47. The van der Waals surface area contributed by atoms with Crippen molar-refractivity contribution in [2.75, 3.05) is 26.2 Å². The van der Waals surface area contributed by atoms with Crippen molar-refractivity contribution in [3.8, 4) is 11.5 Å². The highest BCUT2D eigenvalue weighted by atomic mass is 19.1. The smallest absolute Gasteiger partial charge is 0.224 e. The number of aromatic hydroxyl groups is 2. The number of hydrazine groups is 1. The standard InChI is InChI=1S/C33H36FN3O5/c1-21-27(11-4-12-30(21)34)31-28(32(41)22-6-2-9-25(39)16-22)18-37(36(20-38)15-13-24-8-5-14-35-24)19-29(31)33(42)23-7-3-10-26(40)17-23/h2-4,6-7,9-12,16-17,20,24,28-29,31,35,39-40H,5,8,13-15,18-19H2,1H3/t24?,28-,29+,31-. The first kappa shape index (κ1) is 29.4. The van der Waals surface area contributed by atoms with E-state index in [0.29, 0.717) is 17.7 Å². The Bertz CT molecular complexity index is 1390. The van der Waals surface area contributed by atoms with E-state index in [4.69, 9.17) is 0 Å². The second-order valence-corrected chi connectivity index (χ2v) is 11.2. The molecule has 0 radical (unpaired) electrons. The minimum atomic E-state index is -0.848. The third kappa shape index (κ3) is 6.22. The summed E-state index contributed by atoms with van der Waals surface area (Å²) in [5, 5.41) is 27.0. The highest BCUT2D eigenvalue weighted by Crippen LogP contribution is 2.43. The first-order valence-corrected chi connectivity index (χ1v) is 14.4. The molecule has 1 unspecified atom stereocenters. The van der Waals surface area contributed by atoms with Crippen LogP contribution in [-0.2, 0) is 4.79 Å². The molecule has 2 aliphatic rings. The number of amides is 1. The Morgan fingerprint density at radius 2 is 1.57 bits per heavy atom. The summed E-state index contributed by atoms with van der Waals surface area (Å²) in [5.74, 6) is -3.65. The van der Waals surface area contributed by atoms with E-state index in [1.807, 2.05) is 0 Å². The lowest BCUT2D eigenvalue weighted by molar-refractivity contribution is -0.140. The molecule has 4 atom stereocenters. The van der Waals surface area contributed by atoms with Crippen LogP contribution in [0, 0.1) is 24.6 Å². The number of piperidine rings is 1. The summed E-state index contributed by atoms with van der Waals surface area (Å²) in [7, 11) is 0. The van der Waals surface area contributed by atoms with Gasteiger partial charge in [0, 0.05) is 54.6 Å². The molecule has 2 heterocycles. The maximum Gasteiger partial charge on any atom is 0.224 e. The third-order valence-electron chi connectivity index (χ3n) is 8.64. The second kappa shape index (κ2) is 12.8. The van der Waals surface area contributed by atoms with Gasteiger partial charge in [0.2, 0.25) is 6.41 Å². The molecule has 9 heteroatoms. The number of phenolic OH excluding ortho intramolecular Hbond substituents is 2. The van der Waals surface area contributed by atoms with Gasteiger partial charge in [0.15, 0.2) is 11.6 Å². The number of rotatable bonds is 10. The fourth-order valence-electron chi connectivity index (χ4n) is 6.46. The number of hydrogen-bond donors (Lipinski definition) is 3. The molecule has 8 nitrogen and oxygen atoms in total. The minimum absolute atomic E-state index is 0.0713. The molecule has 0 saturated carbocycles. The number of nitrogens with zero attached hydrogens (tertiary/aromatic N) is 2. The van der Waals surface area contributed by atoms with Gasteiger partial charge in [-0.25, -0.2) is 9.40 Å². The number of hydrogen-bond acceptors (Lipinski definition) is 7. The highest BCUT2D eigenvalue weighted by molar-refractivity contribution is 6.02. The number of ketones is 2. The zero-order chi connectivity index (χ0) is 29.8. The monoisotopic (exact) mass is 573 g/mol. The van der Waals surface area contributed by atoms with Crippen LogP contribution in [0.5, 0.6) is 11.5 Å². The van der Waals surface area contributed by atoms with Crippen LogP contribution in [-0.4, -0.2) is 70.4 Å². The first-order valence-electron chi connectivity index (χ1n) is 14.4. The average molecular weight is 574 g/mol. The molecule has 0 aliphatic carbocycles. The van der Waals surface area contributed by atoms with E-state index in [2.05, 4.69) is 5.32 Å². The van der Waals surface area contributed by atoms with Crippen LogP contribution >= 0.6 is 0 Å². The van der Waals surface area contributed by atoms with Gasteiger partial charge in [-0.05, 0) is 74.2 Å². The quantitative estimate of drug-likeness (QED) is 0.243. The lowest BCUT2D eigenvalue weighted by Crippen LogP contribution is -2.56. The summed E-state index contributed by atoms with van der Waals surface area (Å²) in [6, 6.07) is 17.0. The lowest BCUT2D eigenvalue weighted by Gasteiger charge is -2.46. The molecule has 0 aromatic heterocycles. The van der Waals surface area contributed by atoms with Crippen LogP contribution in [0.3, 0.4) is 0 Å². The Morgan fingerprint density at radius 1 is 0.976 bits per heavy atom. The van der Waals surface area contributed by atoms with E-state index in [9.17, 15) is 29.0 Å². The molecule has 42 heavy (non-hydrogen) atoms. The number of carbonyl (C=O) groups is 3. The van der Waals surface area contributed by atoms with Crippen molar-refractivity contribution < 1.29 is 29.0 Å². The molecule has 2 aliphatic heterocycles. The van der Waals surface area contributed by atoms with Crippen LogP contribution in [0.25, 0.3) is 0 Å².